The molecule has 0 aliphatic carbocycles. The lowest BCUT2D eigenvalue weighted by molar-refractivity contribution is -0.138. The lowest BCUT2D eigenvalue weighted by atomic mass is 10.1. The van der Waals surface area contributed by atoms with E-state index in [1.165, 1.54) is 11.1 Å². The van der Waals surface area contributed by atoms with Crippen LogP contribution in [0, 0.1) is 0 Å². The maximum absolute atomic E-state index is 10.9. The van der Waals surface area contributed by atoms with Crippen LogP contribution in [0.5, 0.6) is 5.75 Å². The Morgan fingerprint density at radius 3 is 2.54 bits per heavy atom. The van der Waals surface area contributed by atoms with Crippen LogP contribution in [0.4, 0.5) is 0 Å². The molecule has 0 amide bonds. The van der Waals surface area contributed by atoms with E-state index in [-0.39, 0.29) is 6.54 Å². The van der Waals surface area contributed by atoms with E-state index in [0.29, 0.717) is 12.6 Å². The quantitative estimate of drug-likeness (QED) is 0.755. The van der Waals surface area contributed by atoms with Crippen molar-refractivity contribution in [1.82, 2.24) is 9.80 Å². The molecule has 2 aromatic rings. The summed E-state index contributed by atoms with van der Waals surface area (Å²) >= 11 is 0. The van der Waals surface area contributed by atoms with Gasteiger partial charge in [0.1, 0.15) is 12.4 Å². The number of hydrogen-bond acceptors (Lipinski definition) is 4. The number of carboxylic acid groups (broad SMARTS) is 1. The molecule has 0 aromatic heterocycles. The molecule has 0 bridgehead atoms. The van der Waals surface area contributed by atoms with E-state index in [9.17, 15) is 4.79 Å². The summed E-state index contributed by atoms with van der Waals surface area (Å²) in [6.45, 7) is 3.69. The minimum Gasteiger partial charge on any atom is -0.489 e. The third-order valence-corrected chi connectivity index (χ3v) is 5.38. The van der Waals surface area contributed by atoms with Crippen molar-refractivity contribution in [2.75, 3.05) is 26.7 Å². The molecule has 1 aliphatic heterocycles. The van der Waals surface area contributed by atoms with Crippen molar-refractivity contribution in [1.29, 1.82) is 0 Å². The van der Waals surface area contributed by atoms with E-state index in [1.807, 2.05) is 42.3 Å². The Morgan fingerprint density at radius 2 is 1.82 bits per heavy atom. The smallest absolute Gasteiger partial charge is 0.317 e. The van der Waals surface area contributed by atoms with Crippen molar-refractivity contribution < 1.29 is 14.6 Å². The number of nitrogens with zero attached hydrogens (tertiary/aromatic N) is 2. The standard InChI is InChI=1S/C23H30N2O3/c1-24(17-23(26)27)21-8-5-14-25(15-13-21)16-19-9-11-22(12-10-19)28-18-20-6-3-2-4-7-20/h2-4,6-7,9-12,21H,5,8,13-18H2,1H3,(H,26,27). The molecular weight excluding hydrogens is 352 g/mol. The Labute approximate surface area is 167 Å². The molecule has 1 atom stereocenters. The lowest BCUT2D eigenvalue weighted by Crippen LogP contribution is -2.36. The fraction of sp³-hybridized carbons (Fsp3) is 0.435. The number of hydrogen-bond donors (Lipinski definition) is 1. The van der Waals surface area contributed by atoms with Gasteiger partial charge in [0.05, 0.1) is 6.54 Å². The van der Waals surface area contributed by atoms with Crippen LogP contribution < -0.4 is 4.74 Å². The molecule has 1 fully saturated rings. The first-order chi connectivity index (χ1) is 13.6. The second-order valence-corrected chi connectivity index (χ2v) is 7.59. The first-order valence-electron chi connectivity index (χ1n) is 10.0. The summed E-state index contributed by atoms with van der Waals surface area (Å²) in [6.07, 6.45) is 3.18. The number of carboxylic acids is 1. The Morgan fingerprint density at radius 1 is 1.07 bits per heavy atom. The van der Waals surface area contributed by atoms with Gasteiger partial charge in [-0.05, 0) is 62.7 Å². The third kappa shape index (κ3) is 6.36. The van der Waals surface area contributed by atoms with Gasteiger partial charge >= 0.3 is 5.97 Å². The van der Waals surface area contributed by atoms with Crippen molar-refractivity contribution in [2.45, 2.75) is 38.5 Å². The summed E-state index contributed by atoms with van der Waals surface area (Å²) in [4.78, 5) is 15.4. The summed E-state index contributed by atoms with van der Waals surface area (Å²) in [5.41, 5.74) is 2.45. The van der Waals surface area contributed by atoms with E-state index in [0.717, 1.165) is 44.6 Å². The molecule has 28 heavy (non-hydrogen) atoms. The molecule has 1 unspecified atom stereocenters. The molecule has 0 spiro atoms. The van der Waals surface area contributed by atoms with Crippen LogP contribution in [-0.4, -0.2) is 53.6 Å². The first-order valence-corrected chi connectivity index (χ1v) is 10.0. The fourth-order valence-electron chi connectivity index (χ4n) is 3.77. The zero-order valence-corrected chi connectivity index (χ0v) is 16.6. The maximum Gasteiger partial charge on any atom is 0.317 e. The summed E-state index contributed by atoms with van der Waals surface area (Å²) in [5, 5.41) is 8.99. The van der Waals surface area contributed by atoms with Gasteiger partial charge in [-0.25, -0.2) is 0 Å². The Balaban J connectivity index is 1.46. The third-order valence-electron chi connectivity index (χ3n) is 5.38. The molecule has 3 rings (SSSR count). The van der Waals surface area contributed by atoms with Crippen molar-refractivity contribution >= 4 is 5.97 Å². The zero-order chi connectivity index (χ0) is 19.8. The molecule has 0 radical (unpaired) electrons. The number of likely N-dealkylation sites (tertiary alicyclic amines) is 1. The normalized spacial score (nSPS) is 18.0. The first kappa shape index (κ1) is 20.4. The van der Waals surface area contributed by atoms with Gasteiger partial charge in [0, 0.05) is 12.6 Å². The van der Waals surface area contributed by atoms with Crippen LogP contribution in [0.25, 0.3) is 0 Å². The fourth-order valence-corrected chi connectivity index (χ4v) is 3.77. The molecule has 2 aromatic carbocycles. The van der Waals surface area contributed by atoms with Gasteiger partial charge in [-0.3, -0.25) is 14.6 Å². The van der Waals surface area contributed by atoms with Gasteiger partial charge in [-0.15, -0.1) is 0 Å². The van der Waals surface area contributed by atoms with Crippen molar-refractivity contribution in [2.24, 2.45) is 0 Å². The number of likely N-dealkylation sites (N-methyl/N-ethyl adjacent to an activating group) is 1. The Bertz CT molecular complexity index is 733. The minimum atomic E-state index is -0.752. The van der Waals surface area contributed by atoms with Gasteiger partial charge in [0.2, 0.25) is 0 Å². The lowest BCUT2D eigenvalue weighted by Gasteiger charge is -2.25. The minimum absolute atomic E-state index is 0.120. The second-order valence-electron chi connectivity index (χ2n) is 7.59. The van der Waals surface area contributed by atoms with Crippen LogP contribution in [0.3, 0.4) is 0 Å². The Kier molecular flexibility index (Phi) is 7.46. The van der Waals surface area contributed by atoms with Gasteiger partial charge in [-0.1, -0.05) is 42.5 Å². The van der Waals surface area contributed by atoms with Crippen LogP contribution in [0.1, 0.15) is 30.4 Å². The zero-order valence-electron chi connectivity index (χ0n) is 16.6. The SMILES string of the molecule is CN(CC(=O)O)C1CCCN(Cc2ccc(OCc3ccccc3)cc2)CC1. The van der Waals surface area contributed by atoms with Gasteiger partial charge in [0.25, 0.3) is 0 Å². The number of carbonyl (C=O) groups is 1. The van der Waals surface area contributed by atoms with Crippen LogP contribution >= 0.6 is 0 Å². The largest absolute Gasteiger partial charge is 0.489 e. The molecule has 1 N–H and O–H groups in total. The van der Waals surface area contributed by atoms with E-state index < -0.39 is 5.97 Å². The monoisotopic (exact) mass is 382 g/mol. The Hall–Kier alpha value is -2.37. The predicted octanol–water partition coefficient (Wildman–Crippen LogP) is 3.64. The number of rotatable bonds is 8. The topological polar surface area (TPSA) is 53.0 Å². The van der Waals surface area contributed by atoms with Gasteiger partial charge in [0.15, 0.2) is 0 Å². The molecule has 1 aliphatic rings. The van der Waals surface area contributed by atoms with Crippen LogP contribution in [0.15, 0.2) is 54.6 Å². The van der Waals surface area contributed by atoms with Crippen molar-refractivity contribution in [3.05, 3.63) is 65.7 Å². The van der Waals surface area contributed by atoms with Gasteiger partial charge in [-0.2, -0.15) is 0 Å². The van der Waals surface area contributed by atoms with Crippen LogP contribution in [0.2, 0.25) is 0 Å². The average Bonchev–Trinajstić information content (AvgIpc) is 2.93. The molecule has 5 heteroatoms. The van der Waals surface area contributed by atoms with Crippen molar-refractivity contribution in [3.8, 4) is 5.75 Å². The predicted molar refractivity (Wildman–Crippen MR) is 110 cm³/mol. The summed E-state index contributed by atoms with van der Waals surface area (Å²) in [5.74, 6) is 0.136. The highest BCUT2D eigenvalue weighted by atomic mass is 16.5. The highest BCUT2D eigenvalue weighted by Crippen LogP contribution is 2.19. The van der Waals surface area contributed by atoms with E-state index in [4.69, 9.17) is 9.84 Å². The molecule has 0 saturated carbocycles. The summed E-state index contributed by atoms with van der Waals surface area (Å²) < 4.78 is 5.86. The number of benzene rings is 2. The second kappa shape index (κ2) is 10.2. The van der Waals surface area contributed by atoms with E-state index >= 15 is 0 Å². The number of ether oxygens (including phenoxy) is 1. The molecule has 5 nitrogen and oxygen atoms in total. The average molecular weight is 383 g/mol. The number of aliphatic carboxylic acids is 1. The van der Waals surface area contributed by atoms with E-state index in [2.05, 4.69) is 29.2 Å². The van der Waals surface area contributed by atoms with E-state index in [1.54, 1.807) is 0 Å². The summed E-state index contributed by atoms with van der Waals surface area (Å²) in [6, 6.07) is 18.9. The van der Waals surface area contributed by atoms with Crippen LogP contribution in [-0.2, 0) is 17.9 Å². The summed E-state index contributed by atoms with van der Waals surface area (Å²) in [7, 11) is 1.92. The van der Waals surface area contributed by atoms with Gasteiger partial charge < -0.3 is 9.84 Å². The molecule has 150 valence electrons. The molecule has 1 saturated heterocycles. The molecular formula is C23H30N2O3. The van der Waals surface area contributed by atoms with Crippen molar-refractivity contribution in [3.63, 3.8) is 0 Å². The highest BCUT2D eigenvalue weighted by molar-refractivity contribution is 5.69. The highest BCUT2D eigenvalue weighted by Gasteiger charge is 2.21. The molecule has 1 heterocycles. The maximum atomic E-state index is 10.9.